The molecule has 0 saturated heterocycles. The van der Waals surface area contributed by atoms with Gasteiger partial charge in [-0.15, -0.1) is 0 Å². The molecule has 1 rings (SSSR count). The Morgan fingerprint density at radius 1 is 0.963 bits per heavy atom. The van der Waals surface area contributed by atoms with Gasteiger partial charge < -0.3 is 9.47 Å². The number of benzene rings is 1. The monoisotopic (exact) mass is 371 g/mol. The summed E-state index contributed by atoms with van der Waals surface area (Å²) in [5, 5.41) is 0. The lowest BCUT2D eigenvalue weighted by Gasteiger charge is -2.07. The number of ether oxygens (including phenoxy) is 2. The molecule has 1 aromatic rings. The van der Waals surface area contributed by atoms with Crippen molar-refractivity contribution in [1.82, 2.24) is 0 Å². The van der Waals surface area contributed by atoms with Crippen LogP contribution in [0.2, 0.25) is 0 Å². The van der Waals surface area contributed by atoms with E-state index in [1.54, 1.807) is 0 Å². The minimum Gasteiger partial charge on any atom is -0.494 e. The Hall–Kier alpha value is -2.28. The highest BCUT2D eigenvalue weighted by Gasteiger charge is 2.09. The van der Waals surface area contributed by atoms with Crippen LogP contribution in [0.3, 0.4) is 0 Å². The zero-order valence-electron chi connectivity index (χ0n) is 16.8. The van der Waals surface area contributed by atoms with Crippen LogP contribution in [0.4, 0.5) is 0 Å². The van der Waals surface area contributed by atoms with Gasteiger partial charge >= 0.3 is 5.97 Å². The number of unbranched alkanes of at least 4 members (excludes halogenated alkanes) is 9. The van der Waals surface area contributed by atoms with Crippen LogP contribution in [0.25, 0.3) is 10.9 Å². The molecule has 4 nitrogen and oxygen atoms in total. The second-order valence-corrected chi connectivity index (χ2v) is 6.73. The normalized spacial score (nSPS) is 11.1. The minimum absolute atomic E-state index is 0.0310. The van der Waals surface area contributed by atoms with E-state index >= 15 is 0 Å². The molecule has 0 bridgehead atoms. The Labute approximate surface area is 164 Å². The van der Waals surface area contributed by atoms with Crippen molar-refractivity contribution in [2.45, 2.75) is 71.1 Å². The maximum Gasteiger partial charge on any atom is 0.336 e. The summed E-state index contributed by atoms with van der Waals surface area (Å²) >= 11 is 0. The van der Waals surface area contributed by atoms with E-state index in [-0.39, 0.29) is 5.70 Å². The molecule has 1 aromatic carbocycles. The lowest BCUT2D eigenvalue weighted by molar-refractivity contribution is -0.135. The molecule has 0 aromatic heterocycles. The van der Waals surface area contributed by atoms with Gasteiger partial charge in [-0.25, -0.2) is 4.85 Å². The van der Waals surface area contributed by atoms with Crippen LogP contribution in [0, 0.1) is 6.57 Å². The average molecular weight is 372 g/mol. The third-order valence-corrected chi connectivity index (χ3v) is 4.47. The first-order chi connectivity index (χ1) is 13.2. The van der Waals surface area contributed by atoms with E-state index < -0.39 is 5.97 Å². The molecule has 0 aliphatic rings. The van der Waals surface area contributed by atoms with Crippen LogP contribution in [0.5, 0.6) is 5.75 Å². The number of hydrogen-bond donors (Lipinski definition) is 0. The van der Waals surface area contributed by atoms with Crippen LogP contribution in [0.15, 0.2) is 30.0 Å². The first kappa shape index (κ1) is 22.8. The van der Waals surface area contributed by atoms with Gasteiger partial charge in [0.2, 0.25) is 0 Å². The second-order valence-electron chi connectivity index (χ2n) is 6.73. The van der Waals surface area contributed by atoms with E-state index in [1.807, 2.05) is 24.3 Å². The van der Waals surface area contributed by atoms with Gasteiger partial charge in [-0.2, -0.15) is 0 Å². The number of esters is 1. The molecule has 0 spiro atoms. The van der Waals surface area contributed by atoms with Crippen LogP contribution in [-0.2, 0) is 9.53 Å². The fourth-order valence-corrected chi connectivity index (χ4v) is 2.84. The Bertz CT molecular complexity index is 599. The zero-order valence-corrected chi connectivity index (χ0v) is 16.8. The third kappa shape index (κ3) is 10.5. The molecule has 4 heteroatoms. The number of carbonyl (C=O) groups excluding carboxylic acids is 1. The first-order valence-electron chi connectivity index (χ1n) is 10.1. The Balaban J connectivity index is 2.17. The summed E-state index contributed by atoms with van der Waals surface area (Å²) in [4.78, 5) is 14.6. The van der Waals surface area contributed by atoms with E-state index in [0.717, 1.165) is 24.3 Å². The van der Waals surface area contributed by atoms with Crippen molar-refractivity contribution < 1.29 is 14.3 Å². The highest BCUT2D eigenvalue weighted by molar-refractivity contribution is 5.95. The van der Waals surface area contributed by atoms with Crippen LogP contribution < -0.4 is 4.74 Å². The molecule has 0 atom stereocenters. The number of nitrogens with zero attached hydrogens (tertiary/aromatic N) is 1. The average Bonchev–Trinajstić information content (AvgIpc) is 2.70. The van der Waals surface area contributed by atoms with E-state index in [4.69, 9.17) is 11.3 Å². The molecule has 0 aliphatic carbocycles. The quantitative estimate of drug-likeness (QED) is 0.164. The highest BCUT2D eigenvalue weighted by Crippen LogP contribution is 2.16. The van der Waals surface area contributed by atoms with Crippen molar-refractivity contribution in [2.75, 3.05) is 13.7 Å². The summed E-state index contributed by atoms with van der Waals surface area (Å²) < 4.78 is 10.3. The number of rotatable bonds is 14. The summed E-state index contributed by atoms with van der Waals surface area (Å²) in [6, 6.07) is 7.39. The summed E-state index contributed by atoms with van der Waals surface area (Å²) in [5.74, 6) is 0.191. The molecule has 148 valence electrons. The number of carbonyl (C=O) groups is 1. The fourth-order valence-electron chi connectivity index (χ4n) is 2.84. The topological polar surface area (TPSA) is 39.9 Å². The van der Waals surface area contributed by atoms with E-state index in [2.05, 4.69) is 16.5 Å². The molecule has 0 heterocycles. The molecule has 27 heavy (non-hydrogen) atoms. The third-order valence-electron chi connectivity index (χ3n) is 4.47. The van der Waals surface area contributed by atoms with Crippen LogP contribution in [-0.4, -0.2) is 19.7 Å². The molecule has 0 saturated carbocycles. The SMILES string of the molecule is [C-]#[N+]/C(=C\c1ccc(OCCCCCCCCCCCC)cc1)C(=O)OC. The molecule has 0 aliphatic heterocycles. The lowest BCUT2D eigenvalue weighted by Crippen LogP contribution is -2.01. The van der Waals surface area contributed by atoms with Gasteiger partial charge in [0.15, 0.2) is 0 Å². The second kappa shape index (κ2) is 14.8. The van der Waals surface area contributed by atoms with Crippen molar-refractivity contribution >= 4 is 12.0 Å². The summed E-state index contributed by atoms with van der Waals surface area (Å²) in [6.07, 6.45) is 14.6. The van der Waals surface area contributed by atoms with Crippen molar-refractivity contribution in [1.29, 1.82) is 0 Å². The molecule has 0 N–H and O–H groups in total. The predicted molar refractivity (Wildman–Crippen MR) is 110 cm³/mol. The van der Waals surface area contributed by atoms with Gasteiger partial charge in [-0.3, -0.25) is 4.79 Å². The zero-order chi connectivity index (χ0) is 19.7. The largest absolute Gasteiger partial charge is 0.494 e. The van der Waals surface area contributed by atoms with E-state index in [9.17, 15) is 4.79 Å². The molecular weight excluding hydrogens is 338 g/mol. The number of hydrogen-bond acceptors (Lipinski definition) is 3. The van der Waals surface area contributed by atoms with Crippen LogP contribution in [0.1, 0.15) is 76.7 Å². The molecule has 0 amide bonds. The summed E-state index contributed by atoms with van der Waals surface area (Å²) in [7, 11) is 1.27. The predicted octanol–water partition coefficient (Wildman–Crippen LogP) is 6.42. The number of methoxy groups -OCH3 is 1. The maximum atomic E-state index is 11.4. The van der Waals surface area contributed by atoms with Crippen molar-refractivity contribution in [3.63, 3.8) is 0 Å². The van der Waals surface area contributed by atoms with Gasteiger partial charge in [-0.05, 0) is 30.2 Å². The highest BCUT2D eigenvalue weighted by atomic mass is 16.5. The van der Waals surface area contributed by atoms with Crippen LogP contribution >= 0.6 is 0 Å². The molecule has 0 unspecified atom stereocenters. The van der Waals surface area contributed by atoms with Crippen molar-refractivity contribution in [3.05, 3.63) is 46.9 Å². The summed E-state index contributed by atoms with van der Waals surface area (Å²) in [6.45, 7) is 10.0. The van der Waals surface area contributed by atoms with Crippen molar-refractivity contribution in [2.24, 2.45) is 0 Å². The Morgan fingerprint density at radius 3 is 2.04 bits per heavy atom. The molecule has 0 radical (unpaired) electrons. The Kier molecular flexibility index (Phi) is 12.5. The lowest BCUT2D eigenvalue weighted by atomic mass is 10.1. The van der Waals surface area contributed by atoms with Gasteiger partial charge in [-0.1, -0.05) is 76.8 Å². The van der Waals surface area contributed by atoms with Gasteiger partial charge in [0.25, 0.3) is 5.70 Å². The van der Waals surface area contributed by atoms with Gasteiger partial charge in [0.05, 0.1) is 20.3 Å². The minimum atomic E-state index is -0.619. The standard InChI is InChI=1S/C23H33NO3/c1-4-5-6-7-8-9-10-11-12-13-18-27-21-16-14-20(15-17-21)19-22(24-2)23(25)26-3/h14-17,19H,4-13,18H2,1,3H3/b22-19-. The van der Waals surface area contributed by atoms with Gasteiger partial charge in [0, 0.05) is 0 Å². The van der Waals surface area contributed by atoms with E-state index in [0.29, 0.717) is 0 Å². The smallest absolute Gasteiger partial charge is 0.336 e. The van der Waals surface area contributed by atoms with E-state index in [1.165, 1.54) is 71.0 Å². The Morgan fingerprint density at radius 2 is 1.52 bits per heavy atom. The maximum absolute atomic E-state index is 11.4. The van der Waals surface area contributed by atoms with Gasteiger partial charge in [0.1, 0.15) is 5.75 Å². The first-order valence-corrected chi connectivity index (χ1v) is 10.1. The molecular formula is C23H33NO3. The molecule has 0 fully saturated rings. The fraction of sp³-hybridized carbons (Fsp3) is 0.565. The van der Waals surface area contributed by atoms with Crippen molar-refractivity contribution in [3.8, 4) is 5.75 Å². The summed E-state index contributed by atoms with van der Waals surface area (Å²) in [5.41, 5.74) is 0.745.